The molecule has 0 saturated heterocycles. The Labute approximate surface area is 433 Å². The summed E-state index contributed by atoms with van der Waals surface area (Å²) in [5, 5.41) is 26.4. The molecule has 9 heterocycles. The van der Waals surface area contributed by atoms with E-state index in [1.165, 1.54) is 0 Å². The maximum Gasteiger partial charge on any atom is 0.330 e. The molecule has 9 aromatic heterocycles. The Kier molecular flexibility index (Phi) is 15.3. The number of rotatable bonds is 14. The zero-order valence-electron chi connectivity index (χ0n) is 43.6. The minimum Gasteiger partial charge on any atom is -0.466 e. The number of H-pyrrole nitrogens is 3. The average Bonchev–Trinajstić information content (AvgIpc) is 4.26. The predicted molar refractivity (Wildman–Crippen MR) is 279 cm³/mol. The summed E-state index contributed by atoms with van der Waals surface area (Å²) in [6, 6.07) is 6.01. The second-order valence-electron chi connectivity index (χ2n) is 20.1. The van der Waals surface area contributed by atoms with E-state index in [2.05, 4.69) is 94.5 Å². The molecule has 3 N–H and O–H groups in total. The standard InChI is InChI=1S/2C18H23N5O2.C18H21N5O2/c3*1-3-12-7-11(9-16(24)25-4-2)8-13(12)18-22-21-15-10-20-17-14(23(15)18)5-6-19-17/h2*5-6,10-13,19H,3-4,7-9H2,1-2H3;5-6,9-10,12-13,19H,3-4,7-8H2,1-2H3/b;;11-9+/t11-,12+,13-;11-,12-,13+;12-,13+/m011/s1. The van der Waals surface area contributed by atoms with Gasteiger partial charge in [-0.3, -0.25) is 22.8 Å². The van der Waals surface area contributed by atoms with E-state index < -0.39 is 0 Å². The van der Waals surface area contributed by atoms with E-state index >= 15 is 0 Å². The lowest BCUT2D eigenvalue weighted by Gasteiger charge is -2.16. The first-order valence-electron chi connectivity index (χ1n) is 26.8. The van der Waals surface area contributed by atoms with Crippen molar-refractivity contribution in [3.8, 4) is 0 Å². The highest BCUT2D eigenvalue weighted by Crippen LogP contribution is 2.48. The topological polar surface area (TPSA) is 256 Å². The summed E-state index contributed by atoms with van der Waals surface area (Å²) in [5.41, 5.74) is 8.90. The van der Waals surface area contributed by atoms with Gasteiger partial charge in [-0.25, -0.2) is 19.7 Å². The molecule has 12 rings (SSSR count). The van der Waals surface area contributed by atoms with Crippen LogP contribution in [0.4, 0.5) is 0 Å². The minimum atomic E-state index is -0.253. The Morgan fingerprint density at radius 2 is 0.920 bits per heavy atom. The minimum absolute atomic E-state index is 0.0914. The number of aromatic nitrogens is 15. The van der Waals surface area contributed by atoms with E-state index in [0.29, 0.717) is 74.1 Å². The third-order valence-corrected chi connectivity index (χ3v) is 15.8. The number of hydrogen-bond acceptors (Lipinski definition) is 15. The van der Waals surface area contributed by atoms with Crippen molar-refractivity contribution in [3.63, 3.8) is 0 Å². The summed E-state index contributed by atoms with van der Waals surface area (Å²) >= 11 is 0. The molecule has 0 bridgehead atoms. The van der Waals surface area contributed by atoms with E-state index in [4.69, 9.17) is 14.2 Å². The Balaban J connectivity index is 0.000000128. The number of nitrogens with zero attached hydrogens (tertiary/aromatic N) is 12. The molecule has 0 unspecified atom stereocenters. The number of allylic oxidation sites excluding steroid dienone is 1. The third kappa shape index (κ3) is 10.3. The van der Waals surface area contributed by atoms with Gasteiger partial charge in [0.2, 0.25) is 0 Å². The van der Waals surface area contributed by atoms with Crippen molar-refractivity contribution in [2.24, 2.45) is 29.6 Å². The molecule has 0 spiro atoms. The number of fused-ring (bicyclic) bond motifs is 9. The normalized spacial score (nSPS) is 23.1. The van der Waals surface area contributed by atoms with Gasteiger partial charge in [0.1, 0.15) is 17.5 Å². The van der Waals surface area contributed by atoms with Gasteiger partial charge < -0.3 is 29.2 Å². The Bertz CT molecular complexity index is 3320. The van der Waals surface area contributed by atoms with Crippen LogP contribution in [0.2, 0.25) is 0 Å². The fourth-order valence-electron chi connectivity index (χ4n) is 12.4. The van der Waals surface area contributed by atoms with Crippen LogP contribution in [-0.4, -0.2) is 111 Å². The van der Waals surface area contributed by atoms with Crippen LogP contribution >= 0.6 is 0 Å². The highest BCUT2D eigenvalue weighted by atomic mass is 16.5. The van der Waals surface area contributed by atoms with E-state index in [1.807, 2.05) is 57.6 Å². The third-order valence-electron chi connectivity index (χ3n) is 15.8. The van der Waals surface area contributed by atoms with Gasteiger partial charge in [0.05, 0.1) is 55.0 Å². The summed E-state index contributed by atoms with van der Waals surface area (Å²) in [5.74, 6) is 5.49. The number of carbonyl (C=O) groups is 3. The Morgan fingerprint density at radius 3 is 1.31 bits per heavy atom. The van der Waals surface area contributed by atoms with E-state index in [-0.39, 0.29) is 23.8 Å². The molecule has 0 aliphatic heterocycles. The largest absolute Gasteiger partial charge is 0.466 e. The lowest BCUT2D eigenvalue weighted by Crippen LogP contribution is -2.10. The number of aromatic amines is 3. The van der Waals surface area contributed by atoms with Crippen molar-refractivity contribution >= 4 is 68.3 Å². The van der Waals surface area contributed by atoms with Crippen LogP contribution < -0.4 is 0 Å². The summed E-state index contributed by atoms with van der Waals surface area (Å²) in [7, 11) is 0. The molecule has 3 aliphatic carbocycles. The van der Waals surface area contributed by atoms with Gasteiger partial charge in [0, 0.05) is 55.3 Å². The van der Waals surface area contributed by atoms with Crippen LogP contribution in [0.5, 0.6) is 0 Å². The first-order valence-corrected chi connectivity index (χ1v) is 26.8. The number of carbonyl (C=O) groups excluding carboxylic acids is 3. The van der Waals surface area contributed by atoms with E-state index in [0.717, 1.165) is 131 Å². The molecule has 21 nitrogen and oxygen atoms in total. The fraction of sp³-hybridized carbons (Fsp3) is 0.519. The van der Waals surface area contributed by atoms with Crippen LogP contribution in [0.3, 0.4) is 0 Å². The number of nitrogens with one attached hydrogen (secondary N) is 3. The molecule has 21 heteroatoms. The number of hydrogen-bond donors (Lipinski definition) is 3. The maximum absolute atomic E-state index is 11.9. The summed E-state index contributed by atoms with van der Waals surface area (Å²) in [4.78, 5) is 58.1. The van der Waals surface area contributed by atoms with Crippen LogP contribution in [0, 0.1) is 29.6 Å². The molecule has 0 radical (unpaired) electrons. The van der Waals surface area contributed by atoms with Crippen molar-refractivity contribution in [3.05, 3.63) is 84.5 Å². The molecule has 0 amide bonds. The molecule has 8 atom stereocenters. The van der Waals surface area contributed by atoms with E-state index in [1.54, 1.807) is 24.7 Å². The van der Waals surface area contributed by atoms with Crippen LogP contribution in [-0.2, 0) is 28.6 Å². The zero-order chi connectivity index (χ0) is 52.2. The van der Waals surface area contributed by atoms with Gasteiger partial charge in [-0.05, 0) is 107 Å². The molecule has 0 aromatic carbocycles. The van der Waals surface area contributed by atoms with Gasteiger partial charge >= 0.3 is 17.9 Å². The lowest BCUT2D eigenvalue weighted by molar-refractivity contribution is -0.145. The highest BCUT2D eigenvalue weighted by Gasteiger charge is 2.40. The first-order chi connectivity index (χ1) is 36.6. The first kappa shape index (κ1) is 50.9. The summed E-state index contributed by atoms with van der Waals surface area (Å²) in [6.07, 6.45) is 22.4. The summed E-state index contributed by atoms with van der Waals surface area (Å²) < 4.78 is 21.6. The second-order valence-corrected chi connectivity index (χ2v) is 20.1. The maximum atomic E-state index is 11.9. The quantitative estimate of drug-likeness (QED) is 0.0521. The van der Waals surface area contributed by atoms with Crippen molar-refractivity contribution in [2.75, 3.05) is 19.8 Å². The molecule has 3 saturated carbocycles. The molecule has 394 valence electrons. The monoisotopic (exact) mass is 1020 g/mol. The number of ether oxygens (including phenoxy) is 3. The Hall–Kier alpha value is -7.58. The van der Waals surface area contributed by atoms with Crippen LogP contribution in [0.25, 0.3) is 50.4 Å². The van der Waals surface area contributed by atoms with Gasteiger partial charge in [0.25, 0.3) is 0 Å². The fourth-order valence-corrected chi connectivity index (χ4v) is 12.4. The van der Waals surface area contributed by atoms with Crippen LogP contribution in [0.15, 0.2) is 67.0 Å². The molecule has 75 heavy (non-hydrogen) atoms. The second kappa shape index (κ2) is 22.5. The van der Waals surface area contributed by atoms with Crippen molar-refractivity contribution < 1.29 is 28.6 Å². The molecule has 9 aromatic rings. The summed E-state index contributed by atoms with van der Waals surface area (Å²) in [6.45, 7) is 13.4. The van der Waals surface area contributed by atoms with Crippen molar-refractivity contribution in [1.29, 1.82) is 0 Å². The van der Waals surface area contributed by atoms with Gasteiger partial charge in [-0.2, -0.15) is 0 Å². The molecular weight excluding hydrogens is 955 g/mol. The molecule has 3 fully saturated rings. The zero-order valence-corrected chi connectivity index (χ0v) is 43.6. The molecular formula is C54H67N15O6. The van der Waals surface area contributed by atoms with Gasteiger partial charge in [-0.1, -0.05) is 45.6 Å². The average molecular weight is 1020 g/mol. The van der Waals surface area contributed by atoms with Crippen molar-refractivity contribution in [2.45, 2.75) is 130 Å². The van der Waals surface area contributed by atoms with Crippen molar-refractivity contribution in [1.82, 2.24) is 73.7 Å². The molecule has 3 aliphatic rings. The number of esters is 3. The predicted octanol–water partition coefficient (Wildman–Crippen LogP) is 9.16. The van der Waals surface area contributed by atoms with Gasteiger partial charge in [0.15, 0.2) is 33.9 Å². The lowest BCUT2D eigenvalue weighted by atomic mass is 9.93. The smallest absolute Gasteiger partial charge is 0.330 e. The van der Waals surface area contributed by atoms with E-state index in [9.17, 15) is 14.4 Å². The van der Waals surface area contributed by atoms with Gasteiger partial charge in [-0.15, -0.1) is 30.6 Å². The highest BCUT2D eigenvalue weighted by molar-refractivity contribution is 5.83. The SMILES string of the molecule is CCOC(=O)/C=C1\C[C@@H](CC)[C@@H](c2nnc3cnc4[nH]ccc4n23)C1.CCOC(=O)C[C@@H]1C[C@@H](CC)[C@@H](c2nnc3cnc4[nH]ccc4n23)C1.CCOC(=O)C[C@H]1C[C@@H](CC)[C@@H](c2nnc3cnc4[nH]ccc4n23)C1. The van der Waals surface area contributed by atoms with Crippen LogP contribution in [0.1, 0.15) is 147 Å². The Morgan fingerprint density at radius 1 is 0.520 bits per heavy atom.